The summed E-state index contributed by atoms with van der Waals surface area (Å²) < 4.78 is 5.48. The van der Waals surface area contributed by atoms with Gasteiger partial charge in [-0.15, -0.1) is 6.58 Å². The normalized spacial score (nSPS) is 12.2. The molecule has 1 atom stereocenters. The van der Waals surface area contributed by atoms with Gasteiger partial charge in [0.05, 0.1) is 12.7 Å². The second-order valence-electron chi connectivity index (χ2n) is 3.98. The summed E-state index contributed by atoms with van der Waals surface area (Å²) in [5, 5.41) is 10.1. The van der Waals surface area contributed by atoms with E-state index in [1.165, 1.54) is 0 Å². The molecule has 2 nitrogen and oxygen atoms in total. The van der Waals surface area contributed by atoms with Crippen molar-refractivity contribution in [2.75, 3.05) is 6.61 Å². The van der Waals surface area contributed by atoms with Crippen LogP contribution in [0.5, 0.6) is 5.75 Å². The molecule has 1 aromatic rings. The number of hydrogen-bond donors (Lipinski definition) is 1. The Kier molecular flexibility index (Phi) is 5.06. The summed E-state index contributed by atoms with van der Waals surface area (Å²) in [6.45, 7) is 8.37. The first-order chi connectivity index (χ1) is 7.65. The van der Waals surface area contributed by atoms with Gasteiger partial charge in [0, 0.05) is 5.56 Å². The fraction of sp³-hybridized carbons (Fsp3) is 0.429. The highest BCUT2D eigenvalue weighted by molar-refractivity contribution is 5.35. The van der Waals surface area contributed by atoms with Crippen molar-refractivity contribution >= 4 is 0 Å². The largest absolute Gasteiger partial charge is 0.493 e. The van der Waals surface area contributed by atoms with E-state index in [4.69, 9.17) is 4.74 Å². The van der Waals surface area contributed by atoms with Crippen molar-refractivity contribution in [2.45, 2.75) is 32.8 Å². The smallest absolute Gasteiger partial charge is 0.125 e. The minimum absolute atomic E-state index is 0.473. The van der Waals surface area contributed by atoms with E-state index < -0.39 is 6.10 Å². The van der Waals surface area contributed by atoms with Crippen LogP contribution in [0.3, 0.4) is 0 Å². The fourth-order valence-electron chi connectivity index (χ4n) is 1.58. The van der Waals surface area contributed by atoms with Gasteiger partial charge in [-0.1, -0.05) is 23.8 Å². The molecule has 1 unspecified atom stereocenters. The number of benzene rings is 1. The molecule has 2 heteroatoms. The Morgan fingerprint density at radius 3 is 2.75 bits per heavy atom. The van der Waals surface area contributed by atoms with Gasteiger partial charge in [-0.25, -0.2) is 0 Å². The quantitative estimate of drug-likeness (QED) is 0.744. The van der Waals surface area contributed by atoms with Crippen molar-refractivity contribution in [1.29, 1.82) is 0 Å². The van der Waals surface area contributed by atoms with Crippen LogP contribution in [0, 0.1) is 0 Å². The summed E-state index contributed by atoms with van der Waals surface area (Å²) >= 11 is 0. The van der Waals surface area contributed by atoms with Crippen LogP contribution in [0.1, 0.15) is 38.4 Å². The zero-order valence-electron chi connectivity index (χ0n) is 10.1. The summed E-state index contributed by atoms with van der Waals surface area (Å²) in [6, 6.07) is 7.64. The first-order valence-electron chi connectivity index (χ1n) is 5.69. The summed E-state index contributed by atoms with van der Waals surface area (Å²) in [6.07, 6.45) is 1.06. The predicted molar refractivity (Wildman–Crippen MR) is 66.6 cm³/mol. The van der Waals surface area contributed by atoms with Crippen molar-refractivity contribution in [3.05, 3.63) is 42.0 Å². The van der Waals surface area contributed by atoms with Crippen LogP contribution < -0.4 is 4.74 Å². The summed E-state index contributed by atoms with van der Waals surface area (Å²) in [4.78, 5) is 0. The van der Waals surface area contributed by atoms with E-state index in [0.29, 0.717) is 13.0 Å². The van der Waals surface area contributed by atoms with E-state index in [2.05, 4.69) is 6.58 Å². The number of hydrogen-bond acceptors (Lipinski definition) is 2. The number of ether oxygens (including phenoxy) is 1. The molecule has 0 saturated carbocycles. The fourth-order valence-corrected chi connectivity index (χ4v) is 1.58. The molecular formula is C14H20O2. The van der Waals surface area contributed by atoms with Gasteiger partial charge in [0.1, 0.15) is 5.75 Å². The second kappa shape index (κ2) is 6.33. The molecule has 16 heavy (non-hydrogen) atoms. The van der Waals surface area contributed by atoms with Gasteiger partial charge in [-0.2, -0.15) is 0 Å². The number of aliphatic hydroxyl groups is 1. The van der Waals surface area contributed by atoms with Gasteiger partial charge in [-0.3, -0.25) is 0 Å². The molecule has 1 N–H and O–H groups in total. The van der Waals surface area contributed by atoms with Gasteiger partial charge in [0.25, 0.3) is 0 Å². The van der Waals surface area contributed by atoms with Crippen LogP contribution in [0.2, 0.25) is 0 Å². The highest BCUT2D eigenvalue weighted by Gasteiger charge is 2.12. The first kappa shape index (κ1) is 12.8. The Hall–Kier alpha value is -1.28. The molecule has 88 valence electrons. The molecule has 1 rings (SSSR count). The Balaban J connectivity index is 2.73. The van der Waals surface area contributed by atoms with Crippen molar-refractivity contribution in [3.63, 3.8) is 0 Å². The Morgan fingerprint density at radius 1 is 1.44 bits per heavy atom. The molecule has 0 aliphatic carbocycles. The highest BCUT2D eigenvalue weighted by atomic mass is 16.5. The third kappa shape index (κ3) is 3.70. The molecule has 0 fully saturated rings. The van der Waals surface area contributed by atoms with E-state index in [9.17, 15) is 5.11 Å². The van der Waals surface area contributed by atoms with Gasteiger partial charge >= 0.3 is 0 Å². The molecular weight excluding hydrogens is 200 g/mol. The van der Waals surface area contributed by atoms with Crippen LogP contribution in [0.15, 0.2) is 36.4 Å². The minimum atomic E-state index is -0.473. The summed E-state index contributed by atoms with van der Waals surface area (Å²) in [5.74, 6) is 0.777. The minimum Gasteiger partial charge on any atom is -0.493 e. The first-order valence-corrected chi connectivity index (χ1v) is 5.69. The molecule has 0 saturated heterocycles. The zero-order chi connectivity index (χ0) is 12.0. The second-order valence-corrected chi connectivity index (χ2v) is 3.98. The molecule has 0 spiro atoms. The maximum absolute atomic E-state index is 10.1. The van der Waals surface area contributed by atoms with E-state index in [1.54, 1.807) is 0 Å². The molecule has 0 amide bonds. The number of allylic oxidation sites excluding steroid dienone is 1. The lowest BCUT2D eigenvalue weighted by atomic mass is 10.0. The monoisotopic (exact) mass is 220 g/mol. The SMILES string of the molecule is C=C(C)CCC(O)c1ccccc1OCC. The lowest BCUT2D eigenvalue weighted by Gasteiger charge is -2.15. The molecule has 1 aromatic carbocycles. The average molecular weight is 220 g/mol. The third-order valence-corrected chi connectivity index (χ3v) is 2.42. The van der Waals surface area contributed by atoms with E-state index in [1.807, 2.05) is 38.1 Å². The van der Waals surface area contributed by atoms with Gasteiger partial charge < -0.3 is 9.84 Å². The van der Waals surface area contributed by atoms with Crippen molar-refractivity contribution in [3.8, 4) is 5.75 Å². The molecule has 0 aliphatic heterocycles. The Labute approximate surface area is 97.6 Å². The lowest BCUT2D eigenvalue weighted by Crippen LogP contribution is -2.02. The lowest BCUT2D eigenvalue weighted by molar-refractivity contribution is 0.162. The predicted octanol–water partition coefficient (Wildman–Crippen LogP) is 3.48. The molecule has 0 heterocycles. The maximum atomic E-state index is 10.1. The van der Waals surface area contributed by atoms with E-state index >= 15 is 0 Å². The van der Waals surface area contributed by atoms with Gasteiger partial charge in [-0.05, 0) is 32.8 Å². The molecule has 0 aromatic heterocycles. The van der Waals surface area contributed by atoms with Crippen molar-refractivity contribution < 1.29 is 9.84 Å². The Morgan fingerprint density at radius 2 is 2.12 bits per heavy atom. The van der Waals surface area contributed by atoms with Crippen LogP contribution in [0.4, 0.5) is 0 Å². The van der Waals surface area contributed by atoms with Crippen molar-refractivity contribution in [2.24, 2.45) is 0 Å². The topological polar surface area (TPSA) is 29.5 Å². The van der Waals surface area contributed by atoms with Crippen LogP contribution in [0.25, 0.3) is 0 Å². The van der Waals surface area contributed by atoms with E-state index in [-0.39, 0.29) is 0 Å². The maximum Gasteiger partial charge on any atom is 0.125 e. The number of para-hydroxylation sites is 1. The molecule has 0 bridgehead atoms. The van der Waals surface area contributed by atoms with Crippen LogP contribution >= 0.6 is 0 Å². The zero-order valence-corrected chi connectivity index (χ0v) is 10.1. The molecule has 0 aliphatic rings. The number of aliphatic hydroxyl groups excluding tert-OH is 1. The van der Waals surface area contributed by atoms with Gasteiger partial charge in [0.15, 0.2) is 0 Å². The van der Waals surface area contributed by atoms with Gasteiger partial charge in [0.2, 0.25) is 0 Å². The highest BCUT2D eigenvalue weighted by Crippen LogP contribution is 2.28. The molecule has 0 radical (unpaired) electrons. The average Bonchev–Trinajstić information content (AvgIpc) is 2.27. The van der Waals surface area contributed by atoms with E-state index in [0.717, 1.165) is 23.3 Å². The third-order valence-electron chi connectivity index (χ3n) is 2.42. The Bertz CT molecular complexity index is 344. The number of rotatable bonds is 6. The summed E-state index contributed by atoms with van der Waals surface area (Å²) in [7, 11) is 0. The van der Waals surface area contributed by atoms with Crippen LogP contribution in [-0.2, 0) is 0 Å². The summed E-state index contributed by atoms with van der Waals surface area (Å²) in [5.41, 5.74) is 1.96. The standard InChI is InChI=1S/C14H20O2/c1-4-16-14-8-6-5-7-12(14)13(15)10-9-11(2)3/h5-8,13,15H,2,4,9-10H2,1,3H3. The van der Waals surface area contributed by atoms with Crippen LogP contribution in [-0.4, -0.2) is 11.7 Å². The van der Waals surface area contributed by atoms with Crippen molar-refractivity contribution in [1.82, 2.24) is 0 Å².